The van der Waals surface area contributed by atoms with Crippen LogP contribution in [0.15, 0.2) is 29.3 Å². The van der Waals surface area contributed by atoms with Gasteiger partial charge in [-0.15, -0.1) is 0 Å². The maximum absolute atomic E-state index is 11.7. The van der Waals surface area contributed by atoms with Crippen LogP contribution in [-0.4, -0.2) is 69.8 Å². The molecule has 1 saturated heterocycles. The third kappa shape index (κ3) is 6.72. The molecule has 0 aromatic heterocycles. The molecule has 25 heavy (non-hydrogen) atoms. The number of carbonyl (C=O) groups excluding carboxylic acids is 1. The summed E-state index contributed by atoms with van der Waals surface area (Å²) in [5.74, 6) is 0.740. The minimum Gasteiger partial charge on any atom is -0.379 e. The molecule has 0 saturated carbocycles. The minimum absolute atomic E-state index is 0.0393. The van der Waals surface area contributed by atoms with E-state index in [2.05, 4.69) is 25.8 Å². The molecule has 1 fully saturated rings. The molecule has 0 atom stereocenters. The highest BCUT2D eigenvalue weighted by atomic mass is 16.5. The summed E-state index contributed by atoms with van der Waals surface area (Å²) < 4.78 is 5.35. The Balaban J connectivity index is 1.71. The van der Waals surface area contributed by atoms with Crippen LogP contribution in [0.4, 0.5) is 0 Å². The molecule has 0 bridgehead atoms. The van der Waals surface area contributed by atoms with Gasteiger partial charge in [-0.3, -0.25) is 14.7 Å². The molecular formula is C18H29N5O2. The standard InChI is InChI=1S/C18H29N5O2/c1-3-20-17(24)16-6-4-15(5-7-16)14-22-18(19-2)21-8-9-23-10-12-25-13-11-23/h4-7H,3,8-14H2,1-2H3,(H,20,24)(H2,19,21,22). The van der Waals surface area contributed by atoms with Crippen molar-refractivity contribution in [2.45, 2.75) is 13.5 Å². The lowest BCUT2D eigenvalue weighted by Crippen LogP contribution is -2.44. The topological polar surface area (TPSA) is 78.0 Å². The second-order valence-corrected chi connectivity index (χ2v) is 5.86. The van der Waals surface area contributed by atoms with Crippen LogP contribution in [0.25, 0.3) is 0 Å². The fraction of sp³-hybridized carbons (Fsp3) is 0.556. The van der Waals surface area contributed by atoms with Crippen LogP contribution in [-0.2, 0) is 11.3 Å². The van der Waals surface area contributed by atoms with Crippen molar-refractivity contribution < 1.29 is 9.53 Å². The summed E-state index contributed by atoms with van der Waals surface area (Å²) >= 11 is 0. The predicted molar refractivity (Wildman–Crippen MR) is 99.9 cm³/mol. The van der Waals surface area contributed by atoms with E-state index in [1.807, 2.05) is 31.2 Å². The number of nitrogens with zero attached hydrogens (tertiary/aromatic N) is 2. The Morgan fingerprint density at radius 3 is 2.52 bits per heavy atom. The molecule has 0 unspecified atom stereocenters. The summed E-state index contributed by atoms with van der Waals surface area (Å²) in [6.45, 7) is 8.65. The van der Waals surface area contributed by atoms with Gasteiger partial charge >= 0.3 is 0 Å². The fourth-order valence-electron chi connectivity index (χ4n) is 2.60. The first-order chi connectivity index (χ1) is 12.2. The van der Waals surface area contributed by atoms with Crippen molar-refractivity contribution in [1.82, 2.24) is 20.9 Å². The lowest BCUT2D eigenvalue weighted by molar-refractivity contribution is 0.0389. The molecule has 1 aliphatic rings. The lowest BCUT2D eigenvalue weighted by Gasteiger charge is -2.26. The number of carbonyl (C=O) groups is 1. The van der Waals surface area contributed by atoms with Gasteiger partial charge in [0.25, 0.3) is 5.91 Å². The fourth-order valence-corrected chi connectivity index (χ4v) is 2.60. The van der Waals surface area contributed by atoms with E-state index in [4.69, 9.17) is 4.74 Å². The Morgan fingerprint density at radius 2 is 1.88 bits per heavy atom. The van der Waals surface area contributed by atoms with Gasteiger partial charge in [-0.2, -0.15) is 0 Å². The number of amides is 1. The first kappa shape index (κ1) is 19.2. The van der Waals surface area contributed by atoms with E-state index < -0.39 is 0 Å². The average Bonchev–Trinajstić information content (AvgIpc) is 2.66. The van der Waals surface area contributed by atoms with Crippen molar-refractivity contribution >= 4 is 11.9 Å². The van der Waals surface area contributed by atoms with Crippen LogP contribution in [0.2, 0.25) is 0 Å². The van der Waals surface area contributed by atoms with Crippen LogP contribution in [0.5, 0.6) is 0 Å². The summed E-state index contributed by atoms with van der Waals surface area (Å²) in [6, 6.07) is 7.60. The molecule has 1 aromatic rings. The maximum Gasteiger partial charge on any atom is 0.251 e. The van der Waals surface area contributed by atoms with Gasteiger partial charge in [-0.05, 0) is 24.6 Å². The monoisotopic (exact) mass is 347 g/mol. The highest BCUT2D eigenvalue weighted by Gasteiger charge is 2.09. The molecular weight excluding hydrogens is 318 g/mol. The number of ether oxygens (including phenoxy) is 1. The van der Waals surface area contributed by atoms with Crippen molar-refractivity contribution in [2.24, 2.45) is 4.99 Å². The normalized spacial score (nSPS) is 15.7. The van der Waals surface area contributed by atoms with Gasteiger partial charge in [0.05, 0.1) is 13.2 Å². The zero-order valence-electron chi connectivity index (χ0n) is 15.2. The molecule has 0 radical (unpaired) electrons. The van der Waals surface area contributed by atoms with Crippen LogP contribution in [0.1, 0.15) is 22.8 Å². The zero-order chi connectivity index (χ0) is 17.9. The molecule has 1 aliphatic heterocycles. The van der Waals surface area contributed by atoms with Crippen molar-refractivity contribution in [3.05, 3.63) is 35.4 Å². The van der Waals surface area contributed by atoms with E-state index >= 15 is 0 Å². The van der Waals surface area contributed by atoms with E-state index in [1.54, 1.807) is 7.05 Å². The smallest absolute Gasteiger partial charge is 0.251 e. The van der Waals surface area contributed by atoms with E-state index in [0.29, 0.717) is 18.7 Å². The van der Waals surface area contributed by atoms with Crippen LogP contribution >= 0.6 is 0 Å². The molecule has 2 rings (SSSR count). The number of hydrogen-bond acceptors (Lipinski definition) is 4. The number of rotatable bonds is 7. The Bertz CT molecular complexity index is 553. The summed E-state index contributed by atoms with van der Waals surface area (Å²) in [5.41, 5.74) is 1.78. The molecule has 3 N–H and O–H groups in total. The number of nitrogens with one attached hydrogen (secondary N) is 3. The number of hydrogen-bond donors (Lipinski definition) is 3. The molecule has 7 heteroatoms. The third-order valence-electron chi connectivity index (χ3n) is 4.06. The number of aliphatic imine (C=N–C) groups is 1. The molecule has 1 amide bonds. The van der Waals surface area contributed by atoms with Crippen LogP contribution < -0.4 is 16.0 Å². The van der Waals surface area contributed by atoms with Gasteiger partial charge in [0, 0.05) is 51.9 Å². The molecule has 1 heterocycles. The summed E-state index contributed by atoms with van der Waals surface area (Å²) in [4.78, 5) is 18.4. The summed E-state index contributed by atoms with van der Waals surface area (Å²) in [5, 5.41) is 9.41. The third-order valence-corrected chi connectivity index (χ3v) is 4.06. The van der Waals surface area contributed by atoms with Gasteiger partial charge in [0.2, 0.25) is 0 Å². The SMILES string of the molecule is CCNC(=O)c1ccc(CNC(=NC)NCCN2CCOCC2)cc1. The Labute approximate surface area is 149 Å². The highest BCUT2D eigenvalue weighted by molar-refractivity contribution is 5.94. The van der Waals surface area contributed by atoms with Crippen molar-refractivity contribution in [1.29, 1.82) is 0 Å². The molecule has 0 spiro atoms. The minimum atomic E-state index is -0.0393. The van der Waals surface area contributed by atoms with Gasteiger partial charge in [-0.1, -0.05) is 12.1 Å². The first-order valence-electron chi connectivity index (χ1n) is 8.84. The number of morpholine rings is 1. The Morgan fingerprint density at radius 1 is 1.16 bits per heavy atom. The lowest BCUT2D eigenvalue weighted by atomic mass is 10.1. The summed E-state index contributed by atoms with van der Waals surface area (Å²) in [6.07, 6.45) is 0. The second kappa shape index (κ2) is 10.7. The number of guanidine groups is 1. The van der Waals surface area contributed by atoms with Gasteiger partial charge in [0.1, 0.15) is 0 Å². The number of benzene rings is 1. The maximum atomic E-state index is 11.7. The molecule has 1 aromatic carbocycles. The Kier molecular flexibility index (Phi) is 8.21. The quantitative estimate of drug-likeness (QED) is 0.493. The largest absolute Gasteiger partial charge is 0.379 e. The van der Waals surface area contributed by atoms with E-state index in [9.17, 15) is 4.79 Å². The van der Waals surface area contributed by atoms with E-state index in [-0.39, 0.29) is 5.91 Å². The molecule has 0 aliphatic carbocycles. The van der Waals surface area contributed by atoms with Gasteiger partial charge < -0.3 is 20.7 Å². The second-order valence-electron chi connectivity index (χ2n) is 5.86. The van der Waals surface area contributed by atoms with Crippen molar-refractivity contribution in [3.8, 4) is 0 Å². The molecule has 7 nitrogen and oxygen atoms in total. The van der Waals surface area contributed by atoms with Gasteiger partial charge in [0.15, 0.2) is 5.96 Å². The summed E-state index contributed by atoms with van der Waals surface area (Å²) in [7, 11) is 1.77. The molecule has 138 valence electrons. The highest BCUT2D eigenvalue weighted by Crippen LogP contribution is 2.04. The van der Waals surface area contributed by atoms with Crippen LogP contribution in [0, 0.1) is 0 Å². The van der Waals surface area contributed by atoms with E-state index in [1.165, 1.54) is 0 Å². The van der Waals surface area contributed by atoms with Crippen LogP contribution in [0.3, 0.4) is 0 Å². The predicted octanol–water partition coefficient (Wildman–Crippen LogP) is 0.434. The average molecular weight is 347 g/mol. The van der Waals surface area contributed by atoms with Crippen molar-refractivity contribution in [3.63, 3.8) is 0 Å². The zero-order valence-corrected chi connectivity index (χ0v) is 15.2. The van der Waals surface area contributed by atoms with E-state index in [0.717, 1.165) is 50.9 Å². The first-order valence-corrected chi connectivity index (χ1v) is 8.84. The van der Waals surface area contributed by atoms with Crippen molar-refractivity contribution in [2.75, 3.05) is 53.0 Å². The Hall–Kier alpha value is -2.12. The van der Waals surface area contributed by atoms with Gasteiger partial charge in [-0.25, -0.2) is 0 Å².